The van der Waals surface area contributed by atoms with Gasteiger partial charge >= 0.3 is 0 Å². The summed E-state index contributed by atoms with van der Waals surface area (Å²) in [6.07, 6.45) is 0. The van der Waals surface area contributed by atoms with Crippen molar-refractivity contribution in [2.24, 2.45) is 0 Å². The van der Waals surface area contributed by atoms with Gasteiger partial charge in [0, 0.05) is 50.0 Å². The molecule has 138 valence electrons. The number of carbonyl (C=O) groups excluding carboxylic acids is 1. The van der Waals surface area contributed by atoms with Crippen molar-refractivity contribution >= 4 is 23.2 Å². The van der Waals surface area contributed by atoms with Gasteiger partial charge in [-0.2, -0.15) is 0 Å². The fraction of sp³-hybridized carbons (Fsp3) is 0.381. The van der Waals surface area contributed by atoms with Gasteiger partial charge in [0.15, 0.2) is 0 Å². The van der Waals surface area contributed by atoms with E-state index in [9.17, 15) is 4.79 Å². The number of benzene rings is 2. The normalized spacial score (nSPS) is 15.1. The molecular weight excluding hydrogens is 346 g/mol. The zero-order valence-electron chi connectivity index (χ0n) is 15.3. The van der Waals surface area contributed by atoms with Gasteiger partial charge in [0.2, 0.25) is 5.91 Å². The molecule has 4 nitrogen and oxygen atoms in total. The highest BCUT2D eigenvalue weighted by molar-refractivity contribution is 6.30. The van der Waals surface area contributed by atoms with Gasteiger partial charge in [-0.15, -0.1) is 0 Å². The van der Waals surface area contributed by atoms with Crippen molar-refractivity contribution in [3.63, 3.8) is 0 Å². The number of hydrogen-bond donors (Lipinski definition) is 0. The van der Waals surface area contributed by atoms with Crippen molar-refractivity contribution in [3.05, 3.63) is 65.2 Å². The molecule has 2 aromatic carbocycles. The van der Waals surface area contributed by atoms with Crippen LogP contribution < -0.4 is 4.90 Å². The van der Waals surface area contributed by atoms with Crippen LogP contribution in [0, 0.1) is 0 Å². The lowest BCUT2D eigenvalue weighted by molar-refractivity contribution is -0.132. The highest BCUT2D eigenvalue weighted by Crippen LogP contribution is 2.20. The lowest BCUT2D eigenvalue weighted by atomic mass is 10.2. The van der Waals surface area contributed by atoms with E-state index in [1.165, 1.54) is 5.56 Å². The lowest BCUT2D eigenvalue weighted by Crippen LogP contribution is -2.50. The number of carbonyl (C=O) groups is 1. The minimum absolute atomic E-state index is 0.201. The molecule has 1 heterocycles. The molecule has 3 rings (SSSR count). The summed E-state index contributed by atoms with van der Waals surface area (Å²) in [6, 6.07) is 18.1. The van der Waals surface area contributed by atoms with Gasteiger partial charge in [0.1, 0.15) is 0 Å². The van der Waals surface area contributed by atoms with Crippen LogP contribution in [0.4, 0.5) is 5.69 Å². The highest BCUT2D eigenvalue weighted by Gasteiger charge is 2.21. The first-order valence-electron chi connectivity index (χ1n) is 9.20. The number of anilines is 1. The number of nitrogens with zero attached hydrogens (tertiary/aromatic N) is 3. The standard InChI is InChI=1S/C21H26ClN3O/c1-2-24(16-18-7-4-3-5-8-18)21(26)17-23-11-13-25(14-12-23)20-10-6-9-19(22)15-20/h3-10,15H,2,11-14,16-17H2,1H3. The molecule has 0 atom stereocenters. The summed E-state index contributed by atoms with van der Waals surface area (Å²) in [4.78, 5) is 19.2. The number of rotatable bonds is 6. The fourth-order valence-corrected chi connectivity index (χ4v) is 3.49. The van der Waals surface area contributed by atoms with E-state index >= 15 is 0 Å². The molecular formula is C21H26ClN3O. The number of piperazine rings is 1. The average molecular weight is 372 g/mol. The maximum Gasteiger partial charge on any atom is 0.237 e. The largest absolute Gasteiger partial charge is 0.369 e. The smallest absolute Gasteiger partial charge is 0.237 e. The molecule has 1 fully saturated rings. The summed E-state index contributed by atoms with van der Waals surface area (Å²) in [5.41, 5.74) is 2.33. The Labute approximate surface area is 161 Å². The summed E-state index contributed by atoms with van der Waals surface area (Å²) in [5, 5.41) is 0.764. The molecule has 0 aliphatic carbocycles. The Morgan fingerprint density at radius 2 is 1.77 bits per heavy atom. The van der Waals surface area contributed by atoms with Gasteiger partial charge in [0.25, 0.3) is 0 Å². The van der Waals surface area contributed by atoms with E-state index in [4.69, 9.17) is 11.6 Å². The van der Waals surface area contributed by atoms with Crippen molar-refractivity contribution in [3.8, 4) is 0 Å². The molecule has 26 heavy (non-hydrogen) atoms. The van der Waals surface area contributed by atoms with Crippen LogP contribution in [-0.2, 0) is 11.3 Å². The second kappa shape index (κ2) is 9.06. The Morgan fingerprint density at radius 1 is 1.04 bits per heavy atom. The first-order chi connectivity index (χ1) is 12.7. The van der Waals surface area contributed by atoms with E-state index in [1.54, 1.807) is 0 Å². The van der Waals surface area contributed by atoms with Crippen LogP contribution in [-0.4, -0.2) is 55.0 Å². The number of halogens is 1. The molecule has 5 heteroatoms. The van der Waals surface area contributed by atoms with E-state index in [2.05, 4.69) is 28.0 Å². The predicted molar refractivity (Wildman–Crippen MR) is 108 cm³/mol. The summed E-state index contributed by atoms with van der Waals surface area (Å²) in [5.74, 6) is 0.201. The Bertz CT molecular complexity index is 714. The maximum absolute atomic E-state index is 12.7. The Morgan fingerprint density at radius 3 is 2.42 bits per heavy atom. The van der Waals surface area contributed by atoms with Crippen LogP contribution in [0.15, 0.2) is 54.6 Å². The van der Waals surface area contributed by atoms with Crippen molar-refractivity contribution in [2.75, 3.05) is 44.2 Å². The molecule has 0 radical (unpaired) electrons. The van der Waals surface area contributed by atoms with E-state index in [1.807, 2.05) is 48.2 Å². The third kappa shape index (κ3) is 4.99. The Balaban J connectivity index is 1.51. The summed E-state index contributed by atoms with van der Waals surface area (Å²) >= 11 is 6.09. The Hall–Kier alpha value is -2.04. The van der Waals surface area contributed by atoms with Gasteiger partial charge in [-0.25, -0.2) is 0 Å². The summed E-state index contributed by atoms with van der Waals surface area (Å²) in [7, 11) is 0. The van der Waals surface area contributed by atoms with Crippen molar-refractivity contribution in [2.45, 2.75) is 13.5 Å². The van der Waals surface area contributed by atoms with Crippen LogP contribution in [0.1, 0.15) is 12.5 Å². The van der Waals surface area contributed by atoms with Gasteiger partial charge in [-0.3, -0.25) is 9.69 Å². The van der Waals surface area contributed by atoms with E-state index in [-0.39, 0.29) is 5.91 Å². The molecule has 1 aliphatic heterocycles. The second-order valence-electron chi connectivity index (χ2n) is 6.64. The number of hydrogen-bond acceptors (Lipinski definition) is 3. The fourth-order valence-electron chi connectivity index (χ4n) is 3.31. The topological polar surface area (TPSA) is 26.8 Å². The molecule has 0 saturated carbocycles. The van der Waals surface area contributed by atoms with Crippen molar-refractivity contribution in [1.82, 2.24) is 9.80 Å². The predicted octanol–water partition coefficient (Wildman–Crippen LogP) is 3.51. The van der Waals surface area contributed by atoms with Gasteiger partial charge in [-0.1, -0.05) is 48.0 Å². The third-order valence-corrected chi connectivity index (χ3v) is 5.09. The molecule has 0 N–H and O–H groups in total. The number of likely N-dealkylation sites (N-methyl/N-ethyl adjacent to an activating group) is 1. The molecule has 1 saturated heterocycles. The molecule has 0 aromatic heterocycles. The second-order valence-corrected chi connectivity index (χ2v) is 7.07. The monoisotopic (exact) mass is 371 g/mol. The van der Waals surface area contributed by atoms with Crippen LogP contribution in [0.5, 0.6) is 0 Å². The minimum atomic E-state index is 0.201. The van der Waals surface area contributed by atoms with E-state index < -0.39 is 0 Å². The summed E-state index contributed by atoms with van der Waals surface area (Å²) < 4.78 is 0. The first kappa shape index (κ1) is 18.7. The van der Waals surface area contributed by atoms with Crippen LogP contribution in [0.2, 0.25) is 5.02 Å². The zero-order chi connectivity index (χ0) is 18.4. The molecule has 0 spiro atoms. The van der Waals surface area contributed by atoms with Gasteiger partial charge in [-0.05, 0) is 30.7 Å². The van der Waals surface area contributed by atoms with Crippen LogP contribution in [0.25, 0.3) is 0 Å². The molecule has 1 aliphatic rings. The summed E-state index contributed by atoms with van der Waals surface area (Å²) in [6.45, 7) is 7.55. The van der Waals surface area contributed by atoms with Crippen molar-refractivity contribution < 1.29 is 4.79 Å². The molecule has 1 amide bonds. The quantitative estimate of drug-likeness (QED) is 0.777. The van der Waals surface area contributed by atoms with Crippen LogP contribution >= 0.6 is 11.6 Å². The van der Waals surface area contributed by atoms with Crippen LogP contribution in [0.3, 0.4) is 0 Å². The molecule has 2 aromatic rings. The van der Waals surface area contributed by atoms with Gasteiger partial charge < -0.3 is 9.80 Å². The average Bonchev–Trinajstić information content (AvgIpc) is 2.67. The minimum Gasteiger partial charge on any atom is -0.369 e. The Kier molecular flexibility index (Phi) is 6.53. The first-order valence-corrected chi connectivity index (χ1v) is 9.58. The zero-order valence-corrected chi connectivity index (χ0v) is 16.0. The third-order valence-electron chi connectivity index (χ3n) is 4.86. The molecule has 0 unspecified atom stereocenters. The van der Waals surface area contributed by atoms with E-state index in [0.717, 1.165) is 43.4 Å². The molecule has 0 bridgehead atoms. The van der Waals surface area contributed by atoms with E-state index in [0.29, 0.717) is 13.1 Å². The van der Waals surface area contributed by atoms with Crippen molar-refractivity contribution in [1.29, 1.82) is 0 Å². The lowest BCUT2D eigenvalue weighted by Gasteiger charge is -2.36. The highest BCUT2D eigenvalue weighted by atomic mass is 35.5. The number of amides is 1. The van der Waals surface area contributed by atoms with Gasteiger partial charge in [0.05, 0.1) is 6.54 Å². The SMILES string of the molecule is CCN(Cc1ccccc1)C(=O)CN1CCN(c2cccc(Cl)c2)CC1. The maximum atomic E-state index is 12.7.